The van der Waals surface area contributed by atoms with Gasteiger partial charge in [-0.15, -0.1) is 0 Å². The van der Waals surface area contributed by atoms with Gasteiger partial charge in [-0.1, -0.05) is 0 Å². The van der Waals surface area contributed by atoms with Crippen LogP contribution in [-0.4, -0.2) is 42.4 Å². The van der Waals surface area contributed by atoms with Crippen molar-refractivity contribution in [2.45, 2.75) is 71.1 Å². The summed E-state index contributed by atoms with van der Waals surface area (Å²) in [5, 5.41) is 4.30. The molecule has 1 amide bonds. The Balaban J connectivity index is 1.80. The number of ether oxygens (including phenoxy) is 1. The average Bonchev–Trinajstić information content (AvgIpc) is 2.99. The van der Waals surface area contributed by atoms with Gasteiger partial charge < -0.3 is 4.74 Å². The topological polar surface area (TPSA) is 73.1 Å². The van der Waals surface area contributed by atoms with E-state index in [1.54, 1.807) is 6.20 Å². The van der Waals surface area contributed by atoms with Crippen LogP contribution in [0.5, 0.6) is 0 Å². The van der Waals surface area contributed by atoms with E-state index in [0.717, 1.165) is 54.2 Å². The first-order valence-corrected chi connectivity index (χ1v) is 9.61. The minimum atomic E-state index is -0.507. The van der Waals surface area contributed by atoms with Crippen LogP contribution in [0.25, 0.3) is 11.4 Å². The molecule has 7 heteroatoms. The molecular weight excluding hydrogens is 342 g/mol. The molecule has 2 aliphatic heterocycles. The second-order valence-electron chi connectivity index (χ2n) is 8.52. The van der Waals surface area contributed by atoms with Crippen molar-refractivity contribution in [3.05, 3.63) is 29.3 Å². The van der Waals surface area contributed by atoms with E-state index < -0.39 is 5.60 Å². The maximum Gasteiger partial charge on any atom is 0.411 e. The molecule has 4 rings (SSSR count). The van der Waals surface area contributed by atoms with Crippen LogP contribution in [0.4, 0.5) is 4.79 Å². The number of carbonyl (C=O) groups is 1. The normalized spacial score (nSPS) is 21.7. The summed E-state index contributed by atoms with van der Waals surface area (Å²) in [6.07, 6.45) is 5.29. The van der Waals surface area contributed by atoms with Crippen LogP contribution >= 0.6 is 0 Å². The molecule has 2 aromatic heterocycles. The highest BCUT2D eigenvalue weighted by atomic mass is 16.6. The third-order valence-electron chi connectivity index (χ3n) is 5.32. The highest BCUT2D eigenvalue weighted by molar-refractivity contribution is 5.71. The zero-order chi connectivity index (χ0) is 19.3. The lowest BCUT2D eigenvalue weighted by Gasteiger charge is -2.46. The summed E-state index contributed by atoms with van der Waals surface area (Å²) in [6, 6.07) is 2.07. The van der Waals surface area contributed by atoms with Crippen molar-refractivity contribution in [1.82, 2.24) is 24.6 Å². The summed E-state index contributed by atoms with van der Waals surface area (Å²) < 4.78 is 7.56. The van der Waals surface area contributed by atoms with E-state index >= 15 is 0 Å². The van der Waals surface area contributed by atoms with Crippen LogP contribution in [0.15, 0.2) is 12.3 Å². The summed E-state index contributed by atoms with van der Waals surface area (Å²) in [5.41, 5.74) is 3.55. The first kappa shape index (κ1) is 17.9. The van der Waals surface area contributed by atoms with Gasteiger partial charge in [0.15, 0.2) is 0 Å². The number of aromatic nitrogens is 4. The largest absolute Gasteiger partial charge is 0.444 e. The van der Waals surface area contributed by atoms with Gasteiger partial charge >= 0.3 is 6.09 Å². The molecule has 1 fully saturated rings. The zero-order valence-corrected chi connectivity index (χ0v) is 16.7. The highest BCUT2D eigenvalue weighted by Crippen LogP contribution is 2.44. The van der Waals surface area contributed by atoms with Gasteiger partial charge in [-0.25, -0.2) is 14.8 Å². The lowest BCUT2D eigenvalue weighted by molar-refractivity contribution is -0.0105. The first-order chi connectivity index (χ1) is 12.7. The number of amides is 1. The monoisotopic (exact) mass is 369 g/mol. The van der Waals surface area contributed by atoms with E-state index in [4.69, 9.17) is 14.7 Å². The molecule has 0 spiro atoms. The standard InChI is InChI=1S/C20H27N5O2/c1-12-22-17(15-9-10-21-24(15)5)14-11-13-7-6-8-16(18(14)23-12)25(13)19(26)27-20(2,3)4/h9-10,13,16H,6-8,11H2,1-5H3/t13-,16+/m0/s1. The fourth-order valence-corrected chi connectivity index (χ4v) is 4.29. The Bertz CT molecular complexity index is 883. The van der Waals surface area contributed by atoms with Crippen molar-refractivity contribution < 1.29 is 9.53 Å². The molecule has 0 N–H and O–H groups in total. The Morgan fingerprint density at radius 1 is 1.26 bits per heavy atom. The van der Waals surface area contributed by atoms with Crippen molar-refractivity contribution >= 4 is 6.09 Å². The van der Waals surface area contributed by atoms with Crippen molar-refractivity contribution in [2.75, 3.05) is 0 Å². The maximum atomic E-state index is 12.9. The maximum absolute atomic E-state index is 12.9. The summed E-state index contributed by atoms with van der Waals surface area (Å²) in [6.45, 7) is 7.63. The van der Waals surface area contributed by atoms with Gasteiger partial charge in [0.1, 0.15) is 11.4 Å². The molecule has 2 aromatic rings. The molecule has 144 valence electrons. The van der Waals surface area contributed by atoms with E-state index in [9.17, 15) is 4.79 Å². The molecule has 4 heterocycles. The molecule has 1 saturated heterocycles. The van der Waals surface area contributed by atoms with Crippen molar-refractivity contribution in [1.29, 1.82) is 0 Å². The molecule has 0 radical (unpaired) electrons. The number of rotatable bonds is 1. The third kappa shape index (κ3) is 3.19. The predicted molar refractivity (Wildman–Crippen MR) is 101 cm³/mol. The Morgan fingerprint density at radius 2 is 2.04 bits per heavy atom. The van der Waals surface area contributed by atoms with Gasteiger partial charge in [-0.2, -0.15) is 5.10 Å². The lowest BCUT2D eigenvalue weighted by atomic mass is 9.82. The van der Waals surface area contributed by atoms with Crippen LogP contribution in [0.2, 0.25) is 0 Å². The van der Waals surface area contributed by atoms with E-state index in [1.165, 1.54) is 0 Å². The number of carbonyl (C=O) groups excluding carboxylic acids is 1. The molecule has 2 bridgehead atoms. The number of aryl methyl sites for hydroxylation is 2. The molecular formula is C20H27N5O2. The molecule has 27 heavy (non-hydrogen) atoms. The number of hydrogen-bond acceptors (Lipinski definition) is 5. The molecule has 7 nitrogen and oxygen atoms in total. The molecule has 2 atom stereocenters. The Labute approximate surface area is 159 Å². The number of piperidine rings is 1. The fourth-order valence-electron chi connectivity index (χ4n) is 4.29. The van der Waals surface area contributed by atoms with Crippen LogP contribution < -0.4 is 0 Å². The van der Waals surface area contributed by atoms with Crippen LogP contribution in [0, 0.1) is 6.92 Å². The fraction of sp³-hybridized carbons (Fsp3) is 0.600. The molecule has 2 aliphatic rings. The first-order valence-electron chi connectivity index (χ1n) is 9.61. The smallest absolute Gasteiger partial charge is 0.411 e. The van der Waals surface area contributed by atoms with E-state index in [0.29, 0.717) is 0 Å². The van der Waals surface area contributed by atoms with Crippen LogP contribution in [-0.2, 0) is 18.2 Å². The predicted octanol–water partition coefficient (Wildman–Crippen LogP) is 3.57. The van der Waals surface area contributed by atoms with Crippen LogP contribution in [0.3, 0.4) is 0 Å². The second kappa shape index (κ2) is 6.32. The summed E-state index contributed by atoms with van der Waals surface area (Å²) in [7, 11) is 1.93. The van der Waals surface area contributed by atoms with E-state index in [-0.39, 0.29) is 18.2 Å². The number of hydrogen-bond donors (Lipinski definition) is 0. The summed E-state index contributed by atoms with van der Waals surface area (Å²) in [4.78, 5) is 24.4. The van der Waals surface area contributed by atoms with Gasteiger partial charge in [0, 0.05) is 24.8 Å². The van der Waals surface area contributed by atoms with Gasteiger partial charge in [-0.3, -0.25) is 9.58 Å². The van der Waals surface area contributed by atoms with Crippen molar-refractivity contribution in [3.63, 3.8) is 0 Å². The zero-order valence-electron chi connectivity index (χ0n) is 16.7. The Hall–Kier alpha value is -2.44. The average molecular weight is 369 g/mol. The summed E-state index contributed by atoms with van der Waals surface area (Å²) >= 11 is 0. The van der Waals surface area contributed by atoms with Crippen LogP contribution in [0.1, 0.15) is 63.2 Å². The highest BCUT2D eigenvalue weighted by Gasteiger charge is 2.44. The summed E-state index contributed by atoms with van der Waals surface area (Å²) in [5.74, 6) is 0.720. The van der Waals surface area contributed by atoms with E-state index in [1.807, 2.05) is 50.4 Å². The molecule has 0 aliphatic carbocycles. The minimum absolute atomic E-state index is 0.0453. The Morgan fingerprint density at radius 3 is 2.70 bits per heavy atom. The van der Waals surface area contributed by atoms with Gasteiger partial charge in [-0.05, 0) is 59.4 Å². The molecule has 0 aromatic carbocycles. The van der Waals surface area contributed by atoms with E-state index in [2.05, 4.69) is 5.10 Å². The SMILES string of the molecule is Cc1nc(-c2ccnn2C)c2c(n1)[C@H]1CCC[C@@H](C2)N1C(=O)OC(C)(C)C. The lowest BCUT2D eigenvalue weighted by Crippen LogP contribution is -2.51. The quantitative estimate of drug-likeness (QED) is 0.768. The number of nitrogens with zero attached hydrogens (tertiary/aromatic N) is 5. The molecule has 0 unspecified atom stereocenters. The van der Waals surface area contributed by atoms with Crippen molar-refractivity contribution in [3.8, 4) is 11.4 Å². The van der Waals surface area contributed by atoms with Gasteiger partial charge in [0.25, 0.3) is 0 Å². The second-order valence-corrected chi connectivity index (χ2v) is 8.52. The molecule has 0 saturated carbocycles. The third-order valence-corrected chi connectivity index (χ3v) is 5.32. The Kier molecular flexibility index (Phi) is 4.20. The minimum Gasteiger partial charge on any atom is -0.444 e. The number of fused-ring (bicyclic) bond motifs is 4. The van der Waals surface area contributed by atoms with Crippen molar-refractivity contribution in [2.24, 2.45) is 7.05 Å². The van der Waals surface area contributed by atoms with Gasteiger partial charge in [0.05, 0.1) is 23.1 Å². The van der Waals surface area contributed by atoms with Gasteiger partial charge in [0.2, 0.25) is 0 Å².